The molecule has 6 heteroatoms. The first-order valence-corrected chi connectivity index (χ1v) is 5.64. The number of nitrogens with zero attached hydrogens (tertiary/aromatic N) is 3. The van der Waals surface area contributed by atoms with Crippen molar-refractivity contribution in [3.05, 3.63) is 42.2 Å². The van der Waals surface area contributed by atoms with Crippen LogP contribution in [0.3, 0.4) is 0 Å². The molecular weight excluding hydrogens is 247 g/mol. The molecule has 2 heterocycles. The van der Waals surface area contributed by atoms with Gasteiger partial charge in [-0.2, -0.15) is 4.98 Å². The Hall–Kier alpha value is -2.63. The van der Waals surface area contributed by atoms with Gasteiger partial charge in [0, 0.05) is 5.56 Å². The van der Waals surface area contributed by atoms with Crippen LogP contribution in [0.4, 0.5) is 10.3 Å². The third kappa shape index (κ3) is 1.87. The van der Waals surface area contributed by atoms with Crippen LogP contribution in [0.15, 0.2) is 36.4 Å². The number of hydrogen-bond acceptors (Lipinski definition) is 4. The molecule has 0 bridgehead atoms. The summed E-state index contributed by atoms with van der Waals surface area (Å²) < 4.78 is 20.1. The van der Waals surface area contributed by atoms with Crippen LogP contribution in [0.5, 0.6) is 5.75 Å². The second-order valence-electron chi connectivity index (χ2n) is 4.00. The molecule has 0 unspecified atom stereocenters. The molecule has 0 saturated carbocycles. The van der Waals surface area contributed by atoms with Crippen molar-refractivity contribution < 1.29 is 9.13 Å². The predicted molar refractivity (Wildman–Crippen MR) is 69.3 cm³/mol. The van der Waals surface area contributed by atoms with Gasteiger partial charge in [0.2, 0.25) is 5.95 Å². The molecule has 96 valence electrons. The number of aromatic nitrogens is 3. The van der Waals surface area contributed by atoms with Crippen molar-refractivity contribution in [1.82, 2.24) is 14.6 Å². The highest BCUT2D eigenvalue weighted by Crippen LogP contribution is 2.26. The Bertz CT molecular complexity index is 753. The molecule has 1 aromatic carbocycles. The molecule has 19 heavy (non-hydrogen) atoms. The second kappa shape index (κ2) is 4.24. The monoisotopic (exact) mass is 258 g/mol. The van der Waals surface area contributed by atoms with Gasteiger partial charge in [-0.15, -0.1) is 5.10 Å². The number of hydrogen-bond donors (Lipinski definition) is 1. The van der Waals surface area contributed by atoms with E-state index in [-0.39, 0.29) is 11.8 Å². The lowest BCUT2D eigenvalue weighted by Crippen LogP contribution is -1.97. The number of rotatable bonds is 2. The predicted octanol–water partition coefficient (Wildman–Crippen LogP) is 2.13. The normalized spacial score (nSPS) is 10.8. The number of nitrogens with two attached hydrogens (primary N) is 1. The summed E-state index contributed by atoms with van der Waals surface area (Å²) in [4.78, 5) is 4.10. The quantitative estimate of drug-likeness (QED) is 0.764. The number of methoxy groups -OCH3 is 1. The number of benzene rings is 1. The fourth-order valence-electron chi connectivity index (χ4n) is 1.98. The highest BCUT2D eigenvalue weighted by atomic mass is 19.1. The zero-order chi connectivity index (χ0) is 13.4. The molecule has 0 aliphatic heterocycles. The SMILES string of the molecule is COc1ccc(-c2cccc(F)c2)n2nc(N)nc12. The molecule has 0 atom stereocenters. The first-order chi connectivity index (χ1) is 9.19. The van der Waals surface area contributed by atoms with Crippen LogP contribution in [0.1, 0.15) is 0 Å². The second-order valence-corrected chi connectivity index (χ2v) is 4.00. The highest BCUT2D eigenvalue weighted by molar-refractivity contribution is 5.67. The number of halogens is 1. The average Bonchev–Trinajstić information content (AvgIpc) is 2.78. The molecule has 3 rings (SSSR count). The Morgan fingerprint density at radius 1 is 1.26 bits per heavy atom. The van der Waals surface area contributed by atoms with Crippen molar-refractivity contribution in [2.45, 2.75) is 0 Å². The summed E-state index contributed by atoms with van der Waals surface area (Å²) in [5.41, 5.74) is 7.51. The van der Waals surface area contributed by atoms with E-state index in [0.717, 1.165) is 0 Å². The maximum Gasteiger partial charge on any atom is 0.240 e. The van der Waals surface area contributed by atoms with Gasteiger partial charge in [0.25, 0.3) is 0 Å². The van der Waals surface area contributed by atoms with E-state index in [1.54, 1.807) is 35.9 Å². The number of anilines is 1. The fourth-order valence-corrected chi connectivity index (χ4v) is 1.98. The zero-order valence-corrected chi connectivity index (χ0v) is 10.2. The number of fused-ring (bicyclic) bond motifs is 1. The maximum absolute atomic E-state index is 13.3. The van der Waals surface area contributed by atoms with E-state index >= 15 is 0 Å². The van der Waals surface area contributed by atoms with E-state index in [9.17, 15) is 4.39 Å². The lowest BCUT2D eigenvalue weighted by molar-refractivity contribution is 0.416. The Kier molecular flexibility index (Phi) is 2.56. The molecule has 2 N–H and O–H groups in total. The third-order valence-electron chi connectivity index (χ3n) is 2.80. The van der Waals surface area contributed by atoms with Crippen molar-refractivity contribution in [3.63, 3.8) is 0 Å². The first-order valence-electron chi connectivity index (χ1n) is 5.64. The van der Waals surface area contributed by atoms with Crippen molar-refractivity contribution >= 4 is 11.6 Å². The van der Waals surface area contributed by atoms with Crippen LogP contribution in [0.2, 0.25) is 0 Å². The summed E-state index contributed by atoms with van der Waals surface area (Å²) in [5, 5.41) is 4.11. The summed E-state index contributed by atoms with van der Waals surface area (Å²) in [6.45, 7) is 0. The highest BCUT2D eigenvalue weighted by Gasteiger charge is 2.12. The topological polar surface area (TPSA) is 65.4 Å². The molecule has 3 aromatic rings. The van der Waals surface area contributed by atoms with Crippen LogP contribution in [0.25, 0.3) is 16.9 Å². The zero-order valence-electron chi connectivity index (χ0n) is 10.2. The minimum Gasteiger partial charge on any atom is -0.493 e. The smallest absolute Gasteiger partial charge is 0.240 e. The summed E-state index contributed by atoms with van der Waals surface area (Å²) in [7, 11) is 1.54. The van der Waals surface area contributed by atoms with E-state index in [2.05, 4.69) is 10.1 Å². The van der Waals surface area contributed by atoms with Crippen LogP contribution >= 0.6 is 0 Å². The summed E-state index contributed by atoms with van der Waals surface area (Å²) in [5.74, 6) is 0.390. The van der Waals surface area contributed by atoms with Crippen molar-refractivity contribution in [2.75, 3.05) is 12.8 Å². The molecule has 0 aliphatic rings. The first kappa shape index (κ1) is 11.5. The Labute approximate surface area is 108 Å². The van der Waals surface area contributed by atoms with E-state index in [0.29, 0.717) is 22.7 Å². The molecule has 0 aliphatic carbocycles. The van der Waals surface area contributed by atoms with Crippen molar-refractivity contribution in [3.8, 4) is 17.0 Å². The number of nitrogen functional groups attached to an aromatic ring is 1. The van der Waals surface area contributed by atoms with Gasteiger partial charge >= 0.3 is 0 Å². The van der Waals surface area contributed by atoms with Crippen molar-refractivity contribution in [1.29, 1.82) is 0 Å². The molecule has 0 radical (unpaired) electrons. The van der Waals surface area contributed by atoms with Crippen LogP contribution in [-0.4, -0.2) is 21.7 Å². The lowest BCUT2D eigenvalue weighted by atomic mass is 10.1. The Balaban J connectivity index is 2.30. The Morgan fingerprint density at radius 2 is 2.11 bits per heavy atom. The van der Waals surface area contributed by atoms with Gasteiger partial charge in [-0.3, -0.25) is 0 Å². The molecule has 0 spiro atoms. The number of ether oxygens (including phenoxy) is 1. The van der Waals surface area contributed by atoms with Gasteiger partial charge in [0.15, 0.2) is 11.4 Å². The maximum atomic E-state index is 13.3. The molecule has 0 fully saturated rings. The fraction of sp³-hybridized carbons (Fsp3) is 0.0769. The standard InChI is InChI=1S/C13H11FN4O/c1-19-11-6-5-10(8-3-2-4-9(14)7-8)18-12(11)16-13(15)17-18/h2-7H,1H3,(H2,15,17). The van der Waals surface area contributed by atoms with E-state index < -0.39 is 0 Å². The van der Waals surface area contributed by atoms with E-state index in [4.69, 9.17) is 10.5 Å². The minimum absolute atomic E-state index is 0.141. The molecule has 5 nitrogen and oxygen atoms in total. The Morgan fingerprint density at radius 3 is 2.84 bits per heavy atom. The van der Waals surface area contributed by atoms with Crippen LogP contribution in [-0.2, 0) is 0 Å². The van der Waals surface area contributed by atoms with Gasteiger partial charge in [-0.05, 0) is 24.3 Å². The van der Waals surface area contributed by atoms with Crippen LogP contribution in [0, 0.1) is 5.82 Å². The van der Waals surface area contributed by atoms with E-state index in [1.165, 1.54) is 12.1 Å². The summed E-state index contributed by atoms with van der Waals surface area (Å²) in [6, 6.07) is 9.79. The lowest BCUT2D eigenvalue weighted by Gasteiger charge is -2.07. The van der Waals surface area contributed by atoms with Gasteiger partial charge in [0.05, 0.1) is 12.8 Å². The largest absolute Gasteiger partial charge is 0.493 e. The van der Waals surface area contributed by atoms with Crippen LogP contribution < -0.4 is 10.5 Å². The molecule has 0 saturated heterocycles. The minimum atomic E-state index is -0.311. The molecule has 0 amide bonds. The van der Waals surface area contributed by atoms with Crippen molar-refractivity contribution in [2.24, 2.45) is 0 Å². The van der Waals surface area contributed by atoms with E-state index in [1.807, 2.05) is 0 Å². The average molecular weight is 258 g/mol. The third-order valence-corrected chi connectivity index (χ3v) is 2.80. The molecule has 2 aromatic heterocycles. The summed E-state index contributed by atoms with van der Waals surface area (Å²) >= 11 is 0. The van der Waals surface area contributed by atoms with Gasteiger partial charge < -0.3 is 10.5 Å². The molecular formula is C13H11FN4O. The number of pyridine rings is 1. The van der Waals surface area contributed by atoms with Gasteiger partial charge in [-0.25, -0.2) is 8.91 Å². The van der Waals surface area contributed by atoms with Gasteiger partial charge in [0.1, 0.15) is 5.82 Å². The van der Waals surface area contributed by atoms with Gasteiger partial charge in [-0.1, -0.05) is 12.1 Å². The summed E-state index contributed by atoms with van der Waals surface area (Å²) in [6.07, 6.45) is 0.